The van der Waals surface area contributed by atoms with Gasteiger partial charge in [-0.2, -0.15) is 0 Å². The molecule has 4 fully saturated rings. The Kier molecular flexibility index (Phi) is 1.77. The van der Waals surface area contributed by atoms with Crippen molar-refractivity contribution >= 4 is 11.9 Å². The van der Waals surface area contributed by atoms with Gasteiger partial charge in [0.25, 0.3) is 0 Å². The minimum Gasteiger partial charge on any atom is -0.466 e. The number of ether oxygens (including phenoxy) is 2. The van der Waals surface area contributed by atoms with Gasteiger partial charge in [-0.1, -0.05) is 12.2 Å². The number of hydrogen-bond donors (Lipinski definition) is 0. The van der Waals surface area contributed by atoms with Gasteiger partial charge in [0.15, 0.2) is 0 Å². The molecule has 2 unspecified atom stereocenters. The van der Waals surface area contributed by atoms with Gasteiger partial charge in [-0.3, -0.25) is 0 Å². The van der Waals surface area contributed by atoms with Gasteiger partial charge in [0.1, 0.15) is 0 Å². The fraction of sp³-hybridized carbons (Fsp3) is 0.625. The fourth-order valence-corrected chi connectivity index (χ4v) is 6.58. The third-order valence-corrected chi connectivity index (χ3v) is 6.65. The Labute approximate surface area is 116 Å². The van der Waals surface area contributed by atoms with Gasteiger partial charge in [-0.15, -0.1) is 0 Å². The second kappa shape index (κ2) is 3.18. The second-order valence-corrected chi connectivity index (χ2v) is 6.71. The summed E-state index contributed by atoms with van der Waals surface area (Å²) >= 11 is 0. The lowest BCUT2D eigenvalue weighted by atomic mass is 9.71. The SMILES string of the molecule is COC(=O)C1=C(C(=O)OC)[C@H]2C3C4[C@H]5C=C[C@H]4[C@H]2[C@H]5[C@H]13. The highest BCUT2D eigenvalue weighted by molar-refractivity contribution is 6.03. The van der Waals surface area contributed by atoms with Crippen molar-refractivity contribution in [3.63, 3.8) is 0 Å². The Bertz CT molecular complexity index is 566. The van der Waals surface area contributed by atoms with Crippen molar-refractivity contribution in [1.29, 1.82) is 0 Å². The van der Waals surface area contributed by atoms with Gasteiger partial charge < -0.3 is 9.47 Å². The largest absolute Gasteiger partial charge is 0.466 e. The maximum atomic E-state index is 12.2. The number of rotatable bonds is 2. The quantitative estimate of drug-likeness (QED) is 0.559. The molecule has 4 nitrogen and oxygen atoms in total. The molecular weight excluding hydrogens is 256 g/mol. The summed E-state index contributed by atoms with van der Waals surface area (Å²) in [6, 6.07) is 0. The van der Waals surface area contributed by atoms with Crippen molar-refractivity contribution in [2.75, 3.05) is 14.2 Å². The molecule has 0 spiro atoms. The minimum absolute atomic E-state index is 0.239. The molecule has 0 amide bonds. The summed E-state index contributed by atoms with van der Waals surface area (Å²) < 4.78 is 9.89. The molecule has 8 bridgehead atoms. The van der Waals surface area contributed by atoms with Crippen LogP contribution in [0.4, 0.5) is 0 Å². The van der Waals surface area contributed by atoms with E-state index in [4.69, 9.17) is 9.47 Å². The van der Waals surface area contributed by atoms with Gasteiger partial charge in [0.05, 0.1) is 25.4 Å². The van der Waals surface area contributed by atoms with Crippen LogP contribution in [-0.4, -0.2) is 26.2 Å². The topological polar surface area (TPSA) is 52.6 Å². The first-order chi connectivity index (χ1) is 9.70. The fourth-order valence-electron chi connectivity index (χ4n) is 6.58. The molecule has 0 saturated heterocycles. The van der Waals surface area contributed by atoms with E-state index in [1.807, 2.05) is 0 Å². The van der Waals surface area contributed by atoms with Crippen LogP contribution in [0.15, 0.2) is 23.3 Å². The molecule has 0 aliphatic heterocycles. The van der Waals surface area contributed by atoms with E-state index in [1.165, 1.54) is 14.2 Å². The highest BCUT2D eigenvalue weighted by Gasteiger charge is 2.79. The van der Waals surface area contributed by atoms with Crippen LogP contribution < -0.4 is 0 Å². The van der Waals surface area contributed by atoms with Gasteiger partial charge in [-0.25, -0.2) is 9.59 Å². The molecule has 0 aromatic carbocycles. The first-order valence-corrected chi connectivity index (χ1v) is 7.29. The number of allylic oxidation sites excluding steroid dienone is 2. The van der Waals surface area contributed by atoms with Crippen molar-refractivity contribution in [2.45, 2.75) is 0 Å². The molecule has 0 aromatic rings. The van der Waals surface area contributed by atoms with Gasteiger partial charge in [0.2, 0.25) is 0 Å². The van der Waals surface area contributed by atoms with E-state index in [0.29, 0.717) is 46.7 Å². The lowest BCUT2D eigenvalue weighted by molar-refractivity contribution is -0.140. The maximum Gasteiger partial charge on any atom is 0.334 e. The zero-order valence-electron chi connectivity index (χ0n) is 11.4. The van der Waals surface area contributed by atoms with Crippen molar-refractivity contribution < 1.29 is 19.1 Å². The van der Waals surface area contributed by atoms with Crippen LogP contribution in [0.25, 0.3) is 0 Å². The molecular formula is C16H16O4. The van der Waals surface area contributed by atoms with E-state index >= 15 is 0 Å². The summed E-state index contributed by atoms with van der Waals surface area (Å²) in [6.07, 6.45) is 4.69. The Hall–Kier alpha value is -1.58. The normalized spacial score (nSPS) is 51.5. The van der Waals surface area contributed by atoms with Crippen LogP contribution in [-0.2, 0) is 19.1 Å². The van der Waals surface area contributed by atoms with Crippen molar-refractivity contribution in [1.82, 2.24) is 0 Å². The Morgan fingerprint density at radius 3 is 1.65 bits per heavy atom. The zero-order chi connectivity index (χ0) is 13.8. The summed E-state index contributed by atoms with van der Waals surface area (Å²) in [6.45, 7) is 0. The average molecular weight is 272 g/mol. The van der Waals surface area contributed by atoms with E-state index in [-0.39, 0.29) is 23.8 Å². The van der Waals surface area contributed by atoms with Gasteiger partial charge in [-0.05, 0) is 47.3 Å². The zero-order valence-corrected chi connectivity index (χ0v) is 11.4. The maximum absolute atomic E-state index is 12.2. The molecule has 104 valence electrons. The number of methoxy groups -OCH3 is 2. The number of hydrogen-bond acceptors (Lipinski definition) is 4. The van der Waals surface area contributed by atoms with Crippen LogP contribution >= 0.6 is 0 Å². The highest BCUT2D eigenvalue weighted by atomic mass is 16.5. The standard InChI is InChI=1S/C16H16O4/c1-19-15(17)13-11-8-5-3-4-6-7(5)10(11)12(9(6)8)14(13)16(18)20-2/h3-12H,1-2H3/t5-,6-,7?,8+,9+,10?,11-,12+/m1/s1. The van der Waals surface area contributed by atoms with Gasteiger partial charge >= 0.3 is 11.9 Å². The van der Waals surface area contributed by atoms with Crippen LogP contribution in [0.3, 0.4) is 0 Å². The smallest absolute Gasteiger partial charge is 0.334 e. The lowest BCUT2D eigenvalue weighted by Crippen LogP contribution is -2.33. The Morgan fingerprint density at radius 1 is 0.800 bits per heavy atom. The van der Waals surface area contributed by atoms with E-state index in [0.717, 1.165) is 0 Å². The molecule has 20 heavy (non-hydrogen) atoms. The third kappa shape index (κ3) is 0.859. The van der Waals surface area contributed by atoms with E-state index in [2.05, 4.69) is 12.2 Å². The molecule has 0 radical (unpaired) electrons. The molecule has 0 N–H and O–H groups in total. The molecule has 0 heterocycles. The van der Waals surface area contributed by atoms with Crippen molar-refractivity contribution in [3.8, 4) is 0 Å². The van der Waals surface area contributed by atoms with E-state index < -0.39 is 0 Å². The molecule has 8 atom stereocenters. The van der Waals surface area contributed by atoms with Crippen LogP contribution in [0.2, 0.25) is 0 Å². The predicted molar refractivity (Wildman–Crippen MR) is 68.1 cm³/mol. The molecule has 6 aliphatic carbocycles. The Balaban J connectivity index is 1.68. The van der Waals surface area contributed by atoms with Crippen molar-refractivity contribution in [3.05, 3.63) is 23.3 Å². The first kappa shape index (κ1) is 11.1. The summed E-state index contributed by atoms with van der Waals surface area (Å²) in [5, 5.41) is 0. The van der Waals surface area contributed by atoms with Crippen LogP contribution in [0.5, 0.6) is 0 Å². The highest BCUT2D eigenvalue weighted by Crippen LogP contribution is 2.81. The molecule has 0 aromatic heterocycles. The number of esters is 2. The van der Waals surface area contributed by atoms with Crippen LogP contribution in [0, 0.1) is 47.3 Å². The third-order valence-electron chi connectivity index (χ3n) is 6.65. The molecule has 4 saturated carbocycles. The van der Waals surface area contributed by atoms with E-state index in [9.17, 15) is 9.59 Å². The lowest BCUT2D eigenvalue weighted by Gasteiger charge is -2.33. The van der Waals surface area contributed by atoms with Crippen molar-refractivity contribution in [2.24, 2.45) is 47.3 Å². The summed E-state index contributed by atoms with van der Waals surface area (Å²) in [4.78, 5) is 24.4. The first-order valence-electron chi connectivity index (χ1n) is 7.29. The second-order valence-electron chi connectivity index (χ2n) is 6.71. The Morgan fingerprint density at radius 2 is 1.25 bits per heavy atom. The summed E-state index contributed by atoms with van der Waals surface area (Å²) in [5.41, 5.74) is 1.27. The average Bonchev–Trinajstić information content (AvgIpc) is 3.23. The van der Waals surface area contributed by atoms with Crippen LogP contribution in [0.1, 0.15) is 0 Å². The monoisotopic (exact) mass is 272 g/mol. The van der Waals surface area contributed by atoms with Gasteiger partial charge in [0, 0.05) is 0 Å². The molecule has 4 heteroatoms. The number of carbonyl (C=O) groups excluding carboxylic acids is 2. The molecule has 6 rings (SSSR count). The number of carbonyl (C=O) groups is 2. The summed E-state index contributed by atoms with van der Waals surface area (Å²) in [7, 11) is 2.79. The molecule has 6 aliphatic rings. The van der Waals surface area contributed by atoms with E-state index in [1.54, 1.807) is 0 Å². The predicted octanol–water partition coefficient (Wildman–Crippen LogP) is 1.18. The minimum atomic E-state index is -0.325. The summed E-state index contributed by atoms with van der Waals surface area (Å²) in [5.74, 6) is 3.35.